The Hall–Kier alpha value is -3.14. The highest BCUT2D eigenvalue weighted by Crippen LogP contribution is 2.37. The molecule has 6 heteroatoms. The van der Waals surface area contributed by atoms with Crippen LogP contribution < -0.4 is 4.74 Å². The molecule has 0 aliphatic carbocycles. The van der Waals surface area contributed by atoms with E-state index in [2.05, 4.69) is 18.0 Å². The Balaban J connectivity index is 1.65. The summed E-state index contributed by atoms with van der Waals surface area (Å²) in [5, 5.41) is 10.6. The van der Waals surface area contributed by atoms with E-state index < -0.39 is 0 Å². The quantitative estimate of drug-likeness (QED) is 0.335. The largest absolute Gasteiger partial charge is 0.426 e. The fraction of sp³-hybridized carbons (Fsp3) is 0.240. The van der Waals surface area contributed by atoms with E-state index in [1.807, 2.05) is 55.5 Å². The number of nitrogens with zero attached hydrogens (tertiary/aromatic N) is 3. The van der Waals surface area contributed by atoms with Crippen LogP contribution in [0, 0.1) is 18.3 Å². The monoisotopic (exact) mass is 429 g/mol. The zero-order valence-electron chi connectivity index (χ0n) is 17.6. The topological polar surface area (TPSA) is 66.2 Å². The Kier molecular flexibility index (Phi) is 6.36. The molecular formula is C25H23N3O2S. The van der Waals surface area contributed by atoms with Gasteiger partial charge < -0.3 is 9.64 Å². The minimum atomic E-state index is -0.361. The number of likely N-dealkylation sites (N-methyl/N-ethyl adjacent to an activating group) is 1. The first-order valence-electron chi connectivity index (χ1n) is 10.1. The van der Waals surface area contributed by atoms with Gasteiger partial charge in [-0.3, -0.25) is 4.79 Å². The Morgan fingerprint density at radius 3 is 2.77 bits per heavy atom. The van der Waals surface area contributed by atoms with Gasteiger partial charge in [-0.15, -0.1) is 0 Å². The number of hydrogen-bond acceptors (Lipinski definition) is 6. The summed E-state index contributed by atoms with van der Waals surface area (Å²) in [5.74, 6) is 0.250. The van der Waals surface area contributed by atoms with E-state index in [0.29, 0.717) is 16.3 Å². The second-order valence-electron chi connectivity index (χ2n) is 7.64. The number of ether oxygens (including phenoxy) is 1. The van der Waals surface area contributed by atoms with Crippen molar-refractivity contribution in [3.63, 3.8) is 0 Å². The number of hydrogen-bond donors (Lipinski definition) is 0. The summed E-state index contributed by atoms with van der Waals surface area (Å²) in [7, 11) is 2.08. The van der Waals surface area contributed by atoms with Crippen LogP contribution in [-0.2, 0) is 17.8 Å². The van der Waals surface area contributed by atoms with Gasteiger partial charge in [-0.2, -0.15) is 5.26 Å². The summed E-state index contributed by atoms with van der Waals surface area (Å²) < 4.78 is 5.45. The number of benzene rings is 2. The number of carbonyl (C=O) groups excluding carboxylic acids is 1. The molecule has 31 heavy (non-hydrogen) atoms. The van der Waals surface area contributed by atoms with Crippen LogP contribution in [0.2, 0.25) is 0 Å². The molecule has 4 rings (SSSR count). The molecule has 1 aliphatic rings. The number of thioether (sulfide) groups is 1. The molecule has 0 amide bonds. The van der Waals surface area contributed by atoms with Crippen LogP contribution >= 0.6 is 11.8 Å². The molecule has 0 fully saturated rings. The summed E-state index contributed by atoms with van der Waals surface area (Å²) in [6, 6.07) is 19.7. The van der Waals surface area contributed by atoms with Gasteiger partial charge in [0.1, 0.15) is 16.8 Å². The normalized spacial score (nSPS) is 13.3. The van der Waals surface area contributed by atoms with Gasteiger partial charge in [0.25, 0.3) is 0 Å². The van der Waals surface area contributed by atoms with Crippen molar-refractivity contribution in [1.29, 1.82) is 5.26 Å². The highest BCUT2D eigenvalue weighted by Gasteiger charge is 2.25. The summed E-state index contributed by atoms with van der Waals surface area (Å²) >= 11 is 1.26. The van der Waals surface area contributed by atoms with Gasteiger partial charge in [0, 0.05) is 30.8 Å². The van der Waals surface area contributed by atoms with Gasteiger partial charge in [0.15, 0.2) is 0 Å². The van der Waals surface area contributed by atoms with E-state index >= 15 is 0 Å². The van der Waals surface area contributed by atoms with Crippen LogP contribution in [-0.4, -0.2) is 35.2 Å². The first-order chi connectivity index (χ1) is 15.0. The number of aromatic nitrogens is 1. The molecule has 3 aromatic rings. The molecule has 0 spiro atoms. The van der Waals surface area contributed by atoms with E-state index in [9.17, 15) is 10.1 Å². The molecule has 0 N–H and O–H groups in total. The number of aryl methyl sites for hydroxylation is 1. The smallest absolute Gasteiger partial charge is 0.321 e. The number of nitriles is 1. The average molecular weight is 430 g/mol. The Morgan fingerprint density at radius 2 is 2.03 bits per heavy atom. The van der Waals surface area contributed by atoms with Gasteiger partial charge in [0.05, 0.1) is 11.3 Å². The van der Waals surface area contributed by atoms with Gasteiger partial charge in [-0.25, -0.2) is 4.98 Å². The maximum Gasteiger partial charge on any atom is 0.321 e. The van der Waals surface area contributed by atoms with Gasteiger partial charge in [-0.1, -0.05) is 54.2 Å². The third-order valence-electron chi connectivity index (χ3n) is 5.23. The summed E-state index contributed by atoms with van der Waals surface area (Å²) in [6.45, 7) is 3.62. The minimum Gasteiger partial charge on any atom is -0.426 e. The van der Waals surface area contributed by atoms with Crippen LogP contribution in [0.3, 0.4) is 0 Å². The van der Waals surface area contributed by atoms with Crippen LogP contribution in [0.5, 0.6) is 5.75 Å². The second-order valence-corrected chi connectivity index (χ2v) is 8.60. The molecule has 5 nitrogen and oxygen atoms in total. The lowest BCUT2D eigenvalue weighted by Gasteiger charge is -2.28. The predicted octanol–water partition coefficient (Wildman–Crippen LogP) is 4.61. The lowest BCUT2D eigenvalue weighted by molar-refractivity contribution is -0.131. The molecule has 0 saturated carbocycles. The molecular weight excluding hydrogens is 406 g/mol. The SMILES string of the molecule is Cc1cccc(OC(=O)CSc2nc3c(c(-c4ccccc4)c2C#N)CN(C)CC3)c1. The van der Waals surface area contributed by atoms with Crippen molar-refractivity contribution >= 4 is 17.7 Å². The van der Waals surface area contributed by atoms with E-state index in [-0.39, 0.29) is 11.7 Å². The van der Waals surface area contributed by atoms with Gasteiger partial charge in [0.2, 0.25) is 0 Å². The Bertz CT molecular complexity index is 1160. The van der Waals surface area contributed by atoms with Crippen molar-refractivity contribution in [3.05, 3.63) is 77.0 Å². The lowest BCUT2D eigenvalue weighted by atomic mass is 9.92. The molecule has 0 atom stereocenters. The van der Waals surface area contributed by atoms with E-state index in [4.69, 9.17) is 9.72 Å². The molecule has 1 aliphatic heterocycles. The van der Waals surface area contributed by atoms with Crippen LogP contribution in [0.25, 0.3) is 11.1 Å². The zero-order valence-corrected chi connectivity index (χ0v) is 18.4. The summed E-state index contributed by atoms with van der Waals surface area (Å²) in [4.78, 5) is 19.5. The minimum absolute atomic E-state index is 0.0859. The van der Waals surface area contributed by atoms with Crippen LogP contribution in [0.1, 0.15) is 22.4 Å². The Morgan fingerprint density at radius 1 is 1.23 bits per heavy atom. The lowest BCUT2D eigenvalue weighted by Crippen LogP contribution is -2.28. The number of rotatable bonds is 5. The molecule has 0 unspecified atom stereocenters. The number of pyridine rings is 1. The molecule has 0 bridgehead atoms. The fourth-order valence-corrected chi connectivity index (χ4v) is 4.55. The molecule has 2 aromatic carbocycles. The zero-order chi connectivity index (χ0) is 21.8. The van der Waals surface area contributed by atoms with Gasteiger partial charge >= 0.3 is 5.97 Å². The van der Waals surface area contributed by atoms with Crippen molar-refractivity contribution in [2.75, 3.05) is 19.3 Å². The highest BCUT2D eigenvalue weighted by atomic mass is 32.2. The standard InChI is InChI=1S/C25H23N3O2S/c1-17-7-6-10-19(13-17)30-23(29)16-31-25-20(14-26)24(18-8-4-3-5-9-18)21-15-28(2)12-11-22(21)27-25/h3-10,13H,11-12,15-16H2,1-2H3. The van der Waals surface area contributed by atoms with E-state index in [0.717, 1.165) is 47.5 Å². The Labute approximate surface area is 186 Å². The number of carbonyl (C=O) groups is 1. The van der Waals surface area contributed by atoms with Crippen molar-refractivity contribution in [2.24, 2.45) is 0 Å². The molecule has 2 heterocycles. The second kappa shape index (κ2) is 9.34. The number of esters is 1. The molecule has 0 radical (unpaired) electrons. The highest BCUT2D eigenvalue weighted by molar-refractivity contribution is 7.99. The average Bonchev–Trinajstić information content (AvgIpc) is 2.77. The summed E-state index contributed by atoms with van der Waals surface area (Å²) in [5.41, 5.74) is 5.58. The molecule has 1 aromatic heterocycles. The third kappa shape index (κ3) is 4.79. The maximum atomic E-state index is 12.4. The summed E-state index contributed by atoms with van der Waals surface area (Å²) in [6.07, 6.45) is 0.818. The predicted molar refractivity (Wildman–Crippen MR) is 122 cm³/mol. The maximum absolute atomic E-state index is 12.4. The van der Waals surface area contributed by atoms with E-state index in [1.165, 1.54) is 11.8 Å². The first kappa shape index (κ1) is 21.1. The van der Waals surface area contributed by atoms with Crippen LogP contribution in [0.15, 0.2) is 59.6 Å². The number of fused-ring (bicyclic) bond motifs is 1. The fourth-order valence-electron chi connectivity index (χ4n) is 3.77. The van der Waals surface area contributed by atoms with E-state index in [1.54, 1.807) is 6.07 Å². The van der Waals surface area contributed by atoms with Gasteiger partial charge in [-0.05, 0) is 42.8 Å². The third-order valence-corrected chi connectivity index (χ3v) is 6.18. The van der Waals surface area contributed by atoms with Crippen LogP contribution in [0.4, 0.5) is 0 Å². The van der Waals surface area contributed by atoms with Crippen molar-refractivity contribution in [1.82, 2.24) is 9.88 Å². The first-order valence-corrected chi connectivity index (χ1v) is 11.1. The molecule has 156 valence electrons. The van der Waals surface area contributed by atoms with Crippen molar-refractivity contribution < 1.29 is 9.53 Å². The van der Waals surface area contributed by atoms with Crippen molar-refractivity contribution in [3.8, 4) is 22.9 Å². The van der Waals surface area contributed by atoms with Crippen molar-refractivity contribution in [2.45, 2.75) is 24.9 Å². The molecule has 0 saturated heterocycles.